The zero-order valence-electron chi connectivity index (χ0n) is 8.29. The second-order valence-electron chi connectivity index (χ2n) is 3.22. The van der Waals surface area contributed by atoms with Crippen LogP contribution in [-0.2, 0) is 6.42 Å². The summed E-state index contributed by atoms with van der Waals surface area (Å²) < 4.78 is 0. The largest absolute Gasteiger partial charge is 0.324 e. The molecule has 3 heteroatoms. The van der Waals surface area contributed by atoms with Gasteiger partial charge in [0, 0.05) is 10.5 Å². The monoisotopic (exact) mass is 209 g/mol. The predicted octanol–water partition coefficient (Wildman–Crippen LogP) is 2.07. The van der Waals surface area contributed by atoms with Crippen LogP contribution in [0.25, 0.3) is 0 Å². The van der Waals surface area contributed by atoms with Gasteiger partial charge in [0.25, 0.3) is 0 Å². The highest BCUT2D eigenvalue weighted by Crippen LogP contribution is 2.17. The van der Waals surface area contributed by atoms with E-state index in [1.807, 2.05) is 12.1 Å². The van der Waals surface area contributed by atoms with Crippen LogP contribution < -0.4 is 5.73 Å². The Morgan fingerprint density at radius 3 is 2.79 bits per heavy atom. The third kappa shape index (κ3) is 2.59. The van der Waals surface area contributed by atoms with Crippen molar-refractivity contribution in [3.63, 3.8) is 0 Å². The lowest BCUT2D eigenvalue weighted by molar-refractivity contribution is 0.100. The molecular formula is C11H15NOS. The molecule has 0 heterocycles. The van der Waals surface area contributed by atoms with Crippen molar-refractivity contribution in [3.8, 4) is 0 Å². The Bertz CT molecular complexity index is 336. The summed E-state index contributed by atoms with van der Waals surface area (Å²) in [6.45, 7) is 2.17. The second-order valence-corrected chi connectivity index (χ2v) is 3.70. The van der Waals surface area contributed by atoms with Crippen molar-refractivity contribution in [2.75, 3.05) is 6.54 Å². The topological polar surface area (TPSA) is 43.1 Å². The molecule has 0 saturated heterocycles. The van der Waals surface area contributed by atoms with Crippen LogP contribution in [0, 0.1) is 0 Å². The number of aryl methyl sites for hydroxylation is 1. The molecule has 0 aromatic heterocycles. The third-order valence-corrected chi connectivity index (χ3v) is 2.54. The van der Waals surface area contributed by atoms with Gasteiger partial charge in [0.1, 0.15) is 0 Å². The van der Waals surface area contributed by atoms with E-state index >= 15 is 0 Å². The van der Waals surface area contributed by atoms with Crippen molar-refractivity contribution in [1.29, 1.82) is 0 Å². The van der Waals surface area contributed by atoms with Gasteiger partial charge in [0.2, 0.25) is 0 Å². The Balaban J connectivity index is 2.99. The zero-order valence-corrected chi connectivity index (χ0v) is 9.18. The minimum Gasteiger partial charge on any atom is -0.324 e. The molecule has 0 bridgehead atoms. The van der Waals surface area contributed by atoms with Crippen molar-refractivity contribution in [1.82, 2.24) is 0 Å². The van der Waals surface area contributed by atoms with Gasteiger partial charge in [-0.2, -0.15) is 0 Å². The molecule has 0 aliphatic rings. The van der Waals surface area contributed by atoms with Crippen LogP contribution in [0.2, 0.25) is 0 Å². The molecular weight excluding hydrogens is 194 g/mol. The Hall–Kier alpha value is -0.800. The van der Waals surface area contributed by atoms with Crippen LogP contribution in [0.3, 0.4) is 0 Å². The van der Waals surface area contributed by atoms with E-state index in [1.165, 1.54) is 0 Å². The maximum absolute atomic E-state index is 11.3. The van der Waals surface area contributed by atoms with Crippen LogP contribution >= 0.6 is 12.6 Å². The van der Waals surface area contributed by atoms with E-state index in [-0.39, 0.29) is 12.3 Å². The van der Waals surface area contributed by atoms with Gasteiger partial charge in [0.05, 0.1) is 6.54 Å². The Morgan fingerprint density at radius 2 is 2.21 bits per heavy atom. The lowest BCUT2D eigenvalue weighted by Crippen LogP contribution is -2.13. The summed E-state index contributed by atoms with van der Waals surface area (Å²) in [6.07, 6.45) is 2.00. The van der Waals surface area contributed by atoms with Crippen LogP contribution in [0.15, 0.2) is 23.1 Å². The molecule has 1 aromatic rings. The summed E-state index contributed by atoms with van der Waals surface area (Å²) in [7, 11) is 0. The van der Waals surface area contributed by atoms with Crippen molar-refractivity contribution in [2.24, 2.45) is 5.73 Å². The minimum absolute atomic E-state index is 0.0179. The highest BCUT2D eigenvalue weighted by Gasteiger charge is 2.05. The lowest BCUT2D eigenvalue weighted by Gasteiger charge is -2.05. The zero-order chi connectivity index (χ0) is 10.6. The van der Waals surface area contributed by atoms with Gasteiger partial charge in [-0.15, -0.1) is 12.6 Å². The fraction of sp³-hybridized carbons (Fsp3) is 0.364. The number of thiol groups is 1. The summed E-state index contributed by atoms with van der Waals surface area (Å²) in [5.74, 6) is -0.0179. The third-order valence-electron chi connectivity index (χ3n) is 2.11. The molecule has 0 fully saturated rings. The van der Waals surface area contributed by atoms with Crippen LogP contribution in [0.4, 0.5) is 0 Å². The average molecular weight is 209 g/mol. The van der Waals surface area contributed by atoms with Gasteiger partial charge in [-0.05, 0) is 24.1 Å². The van der Waals surface area contributed by atoms with E-state index < -0.39 is 0 Å². The summed E-state index contributed by atoms with van der Waals surface area (Å²) in [6, 6.07) is 5.52. The molecule has 0 atom stereocenters. The molecule has 1 aromatic carbocycles. The second kappa shape index (κ2) is 5.17. The maximum Gasteiger partial charge on any atom is 0.176 e. The first kappa shape index (κ1) is 11.3. The van der Waals surface area contributed by atoms with Gasteiger partial charge >= 0.3 is 0 Å². The molecule has 0 unspecified atom stereocenters. The summed E-state index contributed by atoms with van der Waals surface area (Å²) >= 11 is 4.33. The number of nitrogens with two attached hydrogens (primary N) is 1. The fourth-order valence-corrected chi connectivity index (χ4v) is 1.60. The molecule has 0 amide bonds. The van der Waals surface area contributed by atoms with Crippen molar-refractivity contribution in [3.05, 3.63) is 29.3 Å². The maximum atomic E-state index is 11.3. The van der Waals surface area contributed by atoms with Crippen LogP contribution in [0.5, 0.6) is 0 Å². The fourth-order valence-electron chi connectivity index (χ4n) is 1.35. The first-order chi connectivity index (χ1) is 6.69. The quantitative estimate of drug-likeness (QED) is 0.589. The number of Topliss-reactive ketones (excluding diaryl/α,β-unsaturated/α-hetero) is 1. The van der Waals surface area contributed by atoms with Gasteiger partial charge in [-0.25, -0.2) is 0 Å². The average Bonchev–Trinajstić information content (AvgIpc) is 2.20. The van der Waals surface area contributed by atoms with Crippen molar-refractivity contribution in [2.45, 2.75) is 24.7 Å². The van der Waals surface area contributed by atoms with Gasteiger partial charge in [-0.3, -0.25) is 4.79 Å². The Kier molecular flexibility index (Phi) is 4.17. The molecule has 0 aliphatic carbocycles. The van der Waals surface area contributed by atoms with Crippen LogP contribution in [0.1, 0.15) is 29.3 Å². The van der Waals surface area contributed by atoms with Gasteiger partial charge in [-0.1, -0.05) is 19.4 Å². The number of carbonyl (C=O) groups excluding carboxylic acids is 1. The summed E-state index contributed by atoms with van der Waals surface area (Å²) in [5, 5.41) is 0. The molecule has 0 radical (unpaired) electrons. The normalized spacial score (nSPS) is 10.2. The number of hydrogen-bond acceptors (Lipinski definition) is 3. The lowest BCUT2D eigenvalue weighted by atomic mass is 10.0. The highest BCUT2D eigenvalue weighted by atomic mass is 32.1. The number of hydrogen-bond donors (Lipinski definition) is 2. The van der Waals surface area contributed by atoms with E-state index in [2.05, 4.69) is 19.6 Å². The van der Waals surface area contributed by atoms with Crippen molar-refractivity contribution < 1.29 is 4.79 Å². The number of benzene rings is 1. The number of rotatable bonds is 4. The molecule has 2 N–H and O–H groups in total. The van der Waals surface area contributed by atoms with E-state index in [1.54, 1.807) is 6.07 Å². The Morgan fingerprint density at radius 1 is 1.50 bits per heavy atom. The standard InChI is InChI=1S/C11H15NOS/c1-2-3-9-6-8(10(13)7-12)4-5-11(9)14/h4-6,14H,2-3,7,12H2,1H3. The van der Waals surface area contributed by atoms with Gasteiger partial charge in [0.15, 0.2) is 5.78 Å². The summed E-state index contributed by atoms with van der Waals surface area (Å²) in [4.78, 5) is 12.3. The minimum atomic E-state index is -0.0179. The smallest absolute Gasteiger partial charge is 0.176 e. The summed E-state index contributed by atoms with van der Waals surface area (Å²) in [5.41, 5.74) is 7.11. The van der Waals surface area contributed by atoms with E-state index in [0.29, 0.717) is 5.56 Å². The molecule has 76 valence electrons. The van der Waals surface area contributed by atoms with E-state index in [0.717, 1.165) is 23.3 Å². The van der Waals surface area contributed by atoms with Crippen LogP contribution in [-0.4, -0.2) is 12.3 Å². The molecule has 2 nitrogen and oxygen atoms in total. The number of ketones is 1. The first-order valence-electron chi connectivity index (χ1n) is 4.74. The highest BCUT2D eigenvalue weighted by molar-refractivity contribution is 7.80. The molecule has 1 rings (SSSR count). The predicted molar refractivity (Wildman–Crippen MR) is 61.1 cm³/mol. The SMILES string of the molecule is CCCc1cc(C(=O)CN)ccc1S. The molecule has 0 aliphatic heterocycles. The Labute approximate surface area is 89.9 Å². The number of carbonyl (C=O) groups is 1. The first-order valence-corrected chi connectivity index (χ1v) is 5.19. The molecule has 0 spiro atoms. The van der Waals surface area contributed by atoms with E-state index in [9.17, 15) is 4.79 Å². The molecule has 14 heavy (non-hydrogen) atoms. The molecule has 0 saturated carbocycles. The van der Waals surface area contributed by atoms with Gasteiger partial charge < -0.3 is 5.73 Å². The van der Waals surface area contributed by atoms with E-state index in [4.69, 9.17) is 5.73 Å². The van der Waals surface area contributed by atoms with Crippen molar-refractivity contribution >= 4 is 18.4 Å².